The van der Waals surface area contributed by atoms with E-state index in [9.17, 15) is 4.79 Å². The molecule has 0 aromatic heterocycles. The average Bonchev–Trinajstić information content (AvgIpc) is 2.32. The highest BCUT2D eigenvalue weighted by atomic mass is 16.5. The quantitative estimate of drug-likeness (QED) is 0.814. The van der Waals surface area contributed by atoms with Crippen molar-refractivity contribution in [1.29, 1.82) is 0 Å². The van der Waals surface area contributed by atoms with Gasteiger partial charge in [0.1, 0.15) is 6.04 Å². The van der Waals surface area contributed by atoms with E-state index < -0.39 is 0 Å². The number of hydrogen-bond donors (Lipinski definition) is 1. The number of ether oxygens (including phenoxy) is 1. The lowest BCUT2D eigenvalue weighted by Gasteiger charge is -2.19. The van der Waals surface area contributed by atoms with E-state index in [1.807, 2.05) is 13.8 Å². The second-order valence-corrected chi connectivity index (χ2v) is 4.59. The Bertz CT molecular complexity index is 427. The molecule has 3 nitrogen and oxygen atoms in total. The van der Waals surface area contributed by atoms with Gasteiger partial charge in [-0.25, -0.2) is 4.79 Å². The summed E-state index contributed by atoms with van der Waals surface area (Å²) in [6.07, 6.45) is 0.945. The van der Waals surface area contributed by atoms with Crippen molar-refractivity contribution in [2.45, 2.75) is 47.1 Å². The minimum Gasteiger partial charge on any atom is -0.464 e. The zero-order valence-corrected chi connectivity index (χ0v) is 12.0. The number of rotatable bonds is 5. The molecule has 3 heteroatoms. The largest absolute Gasteiger partial charge is 0.464 e. The zero-order chi connectivity index (χ0) is 13.7. The minimum absolute atomic E-state index is 0.209. The number of esters is 1. The van der Waals surface area contributed by atoms with E-state index in [1.54, 1.807) is 0 Å². The van der Waals surface area contributed by atoms with Crippen LogP contribution in [-0.2, 0) is 16.0 Å². The summed E-state index contributed by atoms with van der Waals surface area (Å²) >= 11 is 0. The van der Waals surface area contributed by atoms with Crippen molar-refractivity contribution in [1.82, 2.24) is 0 Å². The zero-order valence-electron chi connectivity index (χ0n) is 12.0. The van der Waals surface area contributed by atoms with Crippen LogP contribution in [0, 0.1) is 13.8 Å². The van der Waals surface area contributed by atoms with Gasteiger partial charge in [0.05, 0.1) is 6.61 Å². The van der Waals surface area contributed by atoms with E-state index in [0.717, 1.165) is 12.1 Å². The van der Waals surface area contributed by atoms with Crippen LogP contribution in [0.25, 0.3) is 0 Å². The summed E-state index contributed by atoms with van der Waals surface area (Å²) < 4.78 is 5.01. The number of hydrogen-bond acceptors (Lipinski definition) is 3. The molecule has 0 saturated heterocycles. The molecule has 100 valence electrons. The van der Waals surface area contributed by atoms with Crippen LogP contribution >= 0.6 is 0 Å². The van der Waals surface area contributed by atoms with Gasteiger partial charge in [-0.2, -0.15) is 0 Å². The molecule has 1 rings (SSSR count). The Hall–Kier alpha value is -1.51. The van der Waals surface area contributed by atoms with Gasteiger partial charge >= 0.3 is 5.97 Å². The molecule has 1 aromatic carbocycles. The molecule has 18 heavy (non-hydrogen) atoms. The van der Waals surface area contributed by atoms with E-state index >= 15 is 0 Å². The van der Waals surface area contributed by atoms with Crippen LogP contribution in [0.1, 0.15) is 37.5 Å². The van der Waals surface area contributed by atoms with Crippen LogP contribution in [0.15, 0.2) is 12.1 Å². The van der Waals surface area contributed by atoms with Crippen molar-refractivity contribution in [3.63, 3.8) is 0 Å². The number of carbonyl (C=O) groups excluding carboxylic acids is 1. The molecule has 0 heterocycles. The molecule has 0 aliphatic heterocycles. The predicted molar refractivity (Wildman–Crippen MR) is 75.0 cm³/mol. The third-order valence-corrected chi connectivity index (χ3v) is 2.94. The first-order valence-electron chi connectivity index (χ1n) is 6.52. The highest BCUT2D eigenvalue weighted by molar-refractivity contribution is 5.79. The molecular formula is C15H23NO2. The van der Waals surface area contributed by atoms with Crippen molar-refractivity contribution in [3.05, 3.63) is 28.8 Å². The molecule has 0 spiro atoms. The van der Waals surface area contributed by atoms with Crippen LogP contribution in [-0.4, -0.2) is 18.6 Å². The molecule has 1 atom stereocenters. The fourth-order valence-corrected chi connectivity index (χ4v) is 2.08. The van der Waals surface area contributed by atoms with Gasteiger partial charge in [-0.3, -0.25) is 0 Å². The Morgan fingerprint density at radius 1 is 1.33 bits per heavy atom. The second-order valence-electron chi connectivity index (χ2n) is 4.59. The molecule has 0 unspecified atom stereocenters. The van der Waals surface area contributed by atoms with Gasteiger partial charge in [0.25, 0.3) is 0 Å². The standard InChI is InChI=1S/C15H23NO2/c1-6-13-9-10(3)8-11(4)14(13)16-12(5)15(17)18-7-2/h8-9,12,16H,6-7H2,1-5H3/t12-/m0/s1. The number of anilines is 1. The maximum Gasteiger partial charge on any atom is 0.328 e. The Balaban J connectivity index is 2.93. The average molecular weight is 249 g/mol. The summed E-state index contributed by atoms with van der Waals surface area (Å²) in [7, 11) is 0. The fourth-order valence-electron chi connectivity index (χ4n) is 2.08. The third-order valence-electron chi connectivity index (χ3n) is 2.94. The van der Waals surface area contributed by atoms with Crippen LogP contribution in [0.2, 0.25) is 0 Å². The van der Waals surface area contributed by atoms with Crippen LogP contribution in [0.3, 0.4) is 0 Å². The summed E-state index contributed by atoms with van der Waals surface area (Å²) in [5.41, 5.74) is 4.72. The highest BCUT2D eigenvalue weighted by Gasteiger charge is 2.16. The third kappa shape index (κ3) is 3.49. The Kier molecular flexibility index (Phi) is 5.20. The van der Waals surface area contributed by atoms with Crippen molar-refractivity contribution in [2.75, 3.05) is 11.9 Å². The summed E-state index contributed by atoms with van der Waals surface area (Å²) in [5, 5.41) is 3.27. The number of carbonyl (C=O) groups is 1. The molecule has 0 aliphatic rings. The Morgan fingerprint density at radius 2 is 2.00 bits per heavy atom. The Morgan fingerprint density at radius 3 is 2.56 bits per heavy atom. The van der Waals surface area contributed by atoms with Crippen LogP contribution < -0.4 is 5.32 Å². The van der Waals surface area contributed by atoms with Crippen molar-refractivity contribution >= 4 is 11.7 Å². The minimum atomic E-state index is -0.323. The Labute approximate surface area is 110 Å². The van der Waals surface area contributed by atoms with Crippen LogP contribution in [0.5, 0.6) is 0 Å². The SMILES string of the molecule is CCOC(=O)[C@H](C)Nc1c(C)cc(C)cc1CC. The lowest BCUT2D eigenvalue weighted by molar-refractivity contribution is -0.143. The fraction of sp³-hybridized carbons (Fsp3) is 0.533. The molecule has 0 fully saturated rings. The van der Waals surface area contributed by atoms with E-state index in [2.05, 4.69) is 38.2 Å². The monoisotopic (exact) mass is 249 g/mol. The van der Waals surface area contributed by atoms with E-state index in [1.165, 1.54) is 16.7 Å². The lowest BCUT2D eigenvalue weighted by Crippen LogP contribution is -2.29. The predicted octanol–water partition coefficient (Wildman–Crippen LogP) is 3.23. The molecule has 1 aromatic rings. The summed E-state index contributed by atoms with van der Waals surface area (Å²) in [5.74, 6) is -0.209. The number of benzene rings is 1. The van der Waals surface area contributed by atoms with Crippen molar-refractivity contribution in [2.24, 2.45) is 0 Å². The van der Waals surface area contributed by atoms with E-state index in [0.29, 0.717) is 6.61 Å². The van der Waals surface area contributed by atoms with E-state index in [-0.39, 0.29) is 12.0 Å². The molecule has 0 bridgehead atoms. The van der Waals surface area contributed by atoms with E-state index in [4.69, 9.17) is 4.74 Å². The molecule has 0 radical (unpaired) electrons. The van der Waals surface area contributed by atoms with Crippen molar-refractivity contribution < 1.29 is 9.53 Å². The van der Waals surface area contributed by atoms with Gasteiger partial charge in [0.15, 0.2) is 0 Å². The smallest absolute Gasteiger partial charge is 0.328 e. The summed E-state index contributed by atoms with van der Waals surface area (Å²) in [4.78, 5) is 11.6. The maximum absolute atomic E-state index is 11.6. The molecule has 0 amide bonds. The number of aryl methyl sites for hydroxylation is 3. The number of nitrogens with one attached hydrogen (secondary N) is 1. The van der Waals surface area contributed by atoms with Crippen molar-refractivity contribution in [3.8, 4) is 0 Å². The molecule has 1 N–H and O–H groups in total. The molecular weight excluding hydrogens is 226 g/mol. The summed E-state index contributed by atoms with van der Waals surface area (Å²) in [6, 6.07) is 3.96. The normalized spacial score (nSPS) is 12.1. The topological polar surface area (TPSA) is 38.3 Å². The van der Waals surface area contributed by atoms with Gasteiger partial charge < -0.3 is 10.1 Å². The first-order chi connectivity index (χ1) is 8.49. The van der Waals surface area contributed by atoms with Gasteiger partial charge in [-0.05, 0) is 45.2 Å². The first kappa shape index (κ1) is 14.6. The first-order valence-corrected chi connectivity index (χ1v) is 6.52. The summed E-state index contributed by atoms with van der Waals surface area (Å²) in [6.45, 7) is 10.3. The lowest BCUT2D eigenvalue weighted by atomic mass is 10.0. The highest BCUT2D eigenvalue weighted by Crippen LogP contribution is 2.24. The molecule has 0 saturated carbocycles. The van der Waals surface area contributed by atoms with Gasteiger partial charge in [-0.1, -0.05) is 24.6 Å². The second kappa shape index (κ2) is 6.43. The van der Waals surface area contributed by atoms with Gasteiger partial charge in [0, 0.05) is 5.69 Å². The van der Waals surface area contributed by atoms with Crippen LogP contribution in [0.4, 0.5) is 5.69 Å². The molecule has 0 aliphatic carbocycles. The maximum atomic E-state index is 11.6. The van der Waals surface area contributed by atoms with Gasteiger partial charge in [-0.15, -0.1) is 0 Å². The van der Waals surface area contributed by atoms with Gasteiger partial charge in [0.2, 0.25) is 0 Å².